The summed E-state index contributed by atoms with van der Waals surface area (Å²) in [6.07, 6.45) is -3.31. The van der Waals surface area contributed by atoms with Crippen molar-refractivity contribution in [2.45, 2.75) is 13.0 Å². The molecular formula is C22H23ClF3N5O3. The summed E-state index contributed by atoms with van der Waals surface area (Å²) in [6.45, 7) is 2.33. The van der Waals surface area contributed by atoms with E-state index in [9.17, 15) is 27.6 Å². The molecule has 0 aliphatic carbocycles. The van der Waals surface area contributed by atoms with Crippen molar-refractivity contribution >= 4 is 35.1 Å². The molecule has 0 aromatic heterocycles. The average Bonchev–Trinajstić information content (AvgIpc) is 2.82. The summed E-state index contributed by atoms with van der Waals surface area (Å²) in [5.74, 6) is -3.44. The van der Waals surface area contributed by atoms with E-state index in [4.69, 9.17) is 11.6 Å². The highest BCUT2D eigenvalue weighted by atomic mass is 35.5. The highest BCUT2D eigenvalue weighted by Gasteiger charge is 2.26. The van der Waals surface area contributed by atoms with Gasteiger partial charge in [0.1, 0.15) is 5.82 Å². The number of likely N-dealkylation sites (N-methyl/N-ethyl adjacent to an activating group) is 1. The molecule has 2 aromatic rings. The zero-order valence-electron chi connectivity index (χ0n) is 18.2. The fourth-order valence-electron chi connectivity index (χ4n) is 3.29. The zero-order chi connectivity index (χ0) is 24.8. The molecule has 12 heteroatoms. The van der Waals surface area contributed by atoms with Crippen molar-refractivity contribution in [2.24, 2.45) is 0 Å². The van der Waals surface area contributed by atoms with Crippen LogP contribution in [0, 0.1) is 5.82 Å². The van der Waals surface area contributed by atoms with E-state index in [-0.39, 0.29) is 23.7 Å². The molecule has 3 rings (SSSR count). The summed E-state index contributed by atoms with van der Waals surface area (Å²) < 4.78 is 39.3. The molecule has 0 radical (unpaired) electrons. The van der Waals surface area contributed by atoms with E-state index >= 15 is 0 Å². The van der Waals surface area contributed by atoms with Gasteiger partial charge in [-0.25, -0.2) is 9.18 Å². The molecule has 2 N–H and O–H groups in total. The predicted molar refractivity (Wildman–Crippen MR) is 120 cm³/mol. The number of amides is 4. The lowest BCUT2D eigenvalue weighted by Gasteiger charge is -2.36. The normalized spacial score (nSPS) is 14.1. The third-order valence-corrected chi connectivity index (χ3v) is 5.54. The summed E-state index contributed by atoms with van der Waals surface area (Å²) >= 11 is 5.97. The molecule has 2 aromatic carbocycles. The topological polar surface area (TPSA) is 85.0 Å². The quantitative estimate of drug-likeness (QED) is 0.622. The molecule has 34 heavy (non-hydrogen) atoms. The Hall–Kier alpha value is -3.31. The Labute approximate surface area is 199 Å². The van der Waals surface area contributed by atoms with Crippen LogP contribution < -0.4 is 15.8 Å². The van der Waals surface area contributed by atoms with E-state index in [0.29, 0.717) is 36.9 Å². The molecule has 0 unspecified atom stereocenters. The molecule has 0 bridgehead atoms. The molecule has 1 aliphatic heterocycles. The van der Waals surface area contributed by atoms with Crippen LogP contribution in [0.2, 0.25) is 5.02 Å². The molecular weight excluding hydrogens is 475 g/mol. The van der Waals surface area contributed by atoms with E-state index in [1.54, 1.807) is 40.0 Å². The number of anilines is 1. The third kappa shape index (κ3) is 6.39. The van der Waals surface area contributed by atoms with Crippen LogP contribution in [0.15, 0.2) is 42.5 Å². The number of hydrogen-bond donors (Lipinski definition) is 2. The number of halogens is 4. The van der Waals surface area contributed by atoms with Gasteiger partial charge >= 0.3 is 18.4 Å². The molecule has 182 valence electrons. The first-order valence-corrected chi connectivity index (χ1v) is 10.7. The first kappa shape index (κ1) is 25.3. The number of rotatable bonds is 5. The van der Waals surface area contributed by atoms with Gasteiger partial charge in [0.2, 0.25) is 0 Å². The second-order valence-corrected chi connectivity index (χ2v) is 8.12. The van der Waals surface area contributed by atoms with Crippen LogP contribution in [0.25, 0.3) is 0 Å². The summed E-state index contributed by atoms with van der Waals surface area (Å²) in [5, 5.41) is 0.483. The Morgan fingerprint density at radius 3 is 2.26 bits per heavy atom. The Balaban J connectivity index is 1.79. The monoisotopic (exact) mass is 497 g/mol. The number of nitrogens with zero attached hydrogens (tertiary/aromatic N) is 3. The summed E-state index contributed by atoms with van der Waals surface area (Å²) in [7, 11) is 1.96. The van der Waals surface area contributed by atoms with Crippen LogP contribution in [0.3, 0.4) is 0 Å². The highest BCUT2D eigenvalue weighted by Crippen LogP contribution is 2.23. The van der Waals surface area contributed by atoms with Crippen molar-refractivity contribution in [1.82, 2.24) is 20.7 Å². The number of alkyl halides is 2. The minimum absolute atomic E-state index is 0.122. The Kier molecular flexibility index (Phi) is 8.35. The Morgan fingerprint density at radius 1 is 1.03 bits per heavy atom. The molecule has 1 fully saturated rings. The van der Waals surface area contributed by atoms with Crippen LogP contribution in [-0.2, 0) is 11.3 Å². The zero-order valence-corrected chi connectivity index (χ0v) is 19.0. The number of hydrazine groups is 1. The van der Waals surface area contributed by atoms with Crippen LogP contribution in [0.1, 0.15) is 15.9 Å². The van der Waals surface area contributed by atoms with Gasteiger partial charge < -0.3 is 9.80 Å². The third-order valence-electron chi connectivity index (χ3n) is 5.28. The van der Waals surface area contributed by atoms with Crippen LogP contribution >= 0.6 is 11.6 Å². The number of piperazine rings is 1. The van der Waals surface area contributed by atoms with Crippen molar-refractivity contribution in [1.29, 1.82) is 0 Å². The van der Waals surface area contributed by atoms with Gasteiger partial charge in [-0.2, -0.15) is 8.78 Å². The Bertz CT molecular complexity index is 1050. The van der Waals surface area contributed by atoms with E-state index in [1.807, 2.05) is 7.05 Å². The lowest BCUT2D eigenvalue weighted by Crippen LogP contribution is -2.52. The molecule has 1 aliphatic rings. The van der Waals surface area contributed by atoms with Crippen LogP contribution in [0.4, 0.5) is 23.7 Å². The van der Waals surface area contributed by atoms with Crippen molar-refractivity contribution in [3.63, 3.8) is 0 Å². The molecule has 1 heterocycles. The van der Waals surface area contributed by atoms with Crippen molar-refractivity contribution in [3.05, 3.63) is 64.4 Å². The van der Waals surface area contributed by atoms with Crippen LogP contribution in [0.5, 0.6) is 0 Å². The summed E-state index contributed by atoms with van der Waals surface area (Å²) in [5.41, 5.74) is 3.79. The standard InChI is InChI=1S/C22H23ClF3N5O3/c1-29-8-10-30(11-9-29)22(34)31(17-6-4-16(23)5-7-17)13-15-3-2-14(12-18(15)24)20(32)27-28-21(33)19(25)26/h2-7,12,19H,8-11,13H2,1H3,(H,27,32)(H,28,33). The molecule has 1 saturated heterocycles. The van der Waals surface area contributed by atoms with Gasteiger partial charge in [-0.15, -0.1) is 0 Å². The smallest absolute Gasteiger partial charge is 0.322 e. The second-order valence-electron chi connectivity index (χ2n) is 7.69. The first-order valence-electron chi connectivity index (χ1n) is 10.3. The number of carbonyl (C=O) groups is 3. The summed E-state index contributed by atoms with van der Waals surface area (Å²) in [6, 6.07) is 9.74. The van der Waals surface area contributed by atoms with Crippen molar-refractivity contribution < 1.29 is 27.6 Å². The lowest BCUT2D eigenvalue weighted by atomic mass is 10.1. The van der Waals surface area contributed by atoms with Gasteiger partial charge in [-0.3, -0.25) is 25.3 Å². The van der Waals surface area contributed by atoms with Gasteiger partial charge in [0.25, 0.3) is 5.91 Å². The van der Waals surface area contributed by atoms with Crippen molar-refractivity contribution in [2.75, 3.05) is 38.1 Å². The molecule has 4 amide bonds. The van der Waals surface area contributed by atoms with E-state index in [0.717, 1.165) is 6.07 Å². The van der Waals surface area contributed by atoms with Gasteiger partial charge in [-0.05, 0) is 43.4 Å². The van der Waals surface area contributed by atoms with Crippen molar-refractivity contribution in [3.8, 4) is 0 Å². The Morgan fingerprint density at radius 2 is 1.68 bits per heavy atom. The van der Waals surface area contributed by atoms with Gasteiger partial charge in [-0.1, -0.05) is 17.7 Å². The van der Waals surface area contributed by atoms with Gasteiger partial charge in [0, 0.05) is 48.0 Å². The SMILES string of the molecule is CN1CCN(C(=O)N(Cc2ccc(C(=O)NNC(=O)C(F)F)cc2F)c2ccc(Cl)cc2)CC1. The maximum Gasteiger partial charge on any atom is 0.324 e. The second kappa shape index (κ2) is 11.2. The number of urea groups is 1. The average molecular weight is 498 g/mol. The highest BCUT2D eigenvalue weighted by molar-refractivity contribution is 6.30. The largest absolute Gasteiger partial charge is 0.324 e. The fourth-order valence-corrected chi connectivity index (χ4v) is 3.42. The number of nitrogens with one attached hydrogen (secondary N) is 2. The minimum Gasteiger partial charge on any atom is -0.322 e. The molecule has 0 saturated carbocycles. The molecule has 0 spiro atoms. The maximum absolute atomic E-state index is 14.9. The number of hydrogen-bond acceptors (Lipinski definition) is 4. The van der Waals surface area contributed by atoms with E-state index < -0.39 is 24.1 Å². The summed E-state index contributed by atoms with van der Waals surface area (Å²) in [4.78, 5) is 41.4. The minimum atomic E-state index is -3.31. The number of carbonyl (C=O) groups excluding carboxylic acids is 3. The predicted octanol–water partition coefficient (Wildman–Crippen LogP) is 2.88. The number of benzene rings is 2. The lowest BCUT2D eigenvalue weighted by molar-refractivity contribution is -0.132. The first-order chi connectivity index (χ1) is 16.2. The van der Waals surface area contributed by atoms with E-state index in [1.165, 1.54) is 17.0 Å². The van der Waals surface area contributed by atoms with E-state index in [2.05, 4.69) is 4.90 Å². The fraction of sp³-hybridized carbons (Fsp3) is 0.318. The van der Waals surface area contributed by atoms with Gasteiger partial charge in [0.05, 0.1) is 6.54 Å². The molecule has 0 atom stereocenters. The van der Waals surface area contributed by atoms with Crippen LogP contribution in [-0.4, -0.2) is 67.3 Å². The molecule has 8 nitrogen and oxygen atoms in total. The maximum atomic E-state index is 14.9. The van der Waals surface area contributed by atoms with Gasteiger partial charge in [0.15, 0.2) is 0 Å².